The van der Waals surface area contributed by atoms with Gasteiger partial charge in [-0.15, -0.1) is 0 Å². The Morgan fingerprint density at radius 3 is 1.40 bits per heavy atom. The number of fused-ring (bicyclic) bond motifs is 2. The van der Waals surface area contributed by atoms with Gasteiger partial charge in [-0.05, 0) is 33.7 Å². The van der Waals surface area contributed by atoms with E-state index in [2.05, 4.69) is 92.7 Å². The monoisotopic (exact) mass is 386 g/mol. The third-order valence-corrected chi connectivity index (χ3v) is 5.61. The summed E-state index contributed by atoms with van der Waals surface area (Å²) in [6, 6.07) is 25.7. The SMILES string of the molecule is c1ccc2c(-c3c(-c4ncc[nH]4)ccc4ccccc34)c(-c3ncc[nH]3)ccc2c1. The minimum atomic E-state index is 0.856. The maximum absolute atomic E-state index is 4.57. The predicted molar refractivity (Wildman–Crippen MR) is 122 cm³/mol. The highest BCUT2D eigenvalue weighted by Gasteiger charge is 2.20. The molecule has 142 valence electrons. The van der Waals surface area contributed by atoms with Gasteiger partial charge in [0, 0.05) is 47.0 Å². The molecule has 4 heteroatoms. The normalized spacial score (nSPS) is 11.3. The Bertz CT molecular complexity index is 1360. The topological polar surface area (TPSA) is 57.4 Å². The van der Waals surface area contributed by atoms with E-state index in [-0.39, 0.29) is 0 Å². The Morgan fingerprint density at radius 1 is 0.500 bits per heavy atom. The summed E-state index contributed by atoms with van der Waals surface area (Å²) < 4.78 is 0. The second kappa shape index (κ2) is 6.71. The van der Waals surface area contributed by atoms with E-state index in [1.54, 1.807) is 12.4 Å². The number of benzene rings is 4. The summed E-state index contributed by atoms with van der Waals surface area (Å²) in [5, 5.41) is 4.77. The van der Waals surface area contributed by atoms with Crippen molar-refractivity contribution in [2.75, 3.05) is 0 Å². The fourth-order valence-corrected chi connectivity index (χ4v) is 4.30. The summed E-state index contributed by atoms with van der Waals surface area (Å²) in [5.41, 5.74) is 4.46. The smallest absolute Gasteiger partial charge is 0.137 e. The zero-order valence-electron chi connectivity index (χ0n) is 16.1. The van der Waals surface area contributed by atoms with Crippen molar-refractivity contribution in [2.24, 2.45) is 0 Å². The van der Waals surface area contributed by atoms with Crippen LogP contribution < -0.4 is 0 Å². The van der Waals surface area contributed by atoms with Crippen LogP contribution in [0.25, 0.3) is 55.4 Å². The molecule has 2 aromatic heterocycles. The maximum atomic E-state index is 4.57. The summed E-state index contributed by atoms with van der Waals surface area (Å²) in [6.45, 7) is 0. The molecule has 0 unspecified atom stereocenters. The minimum absolute atomic E-state index is 0.856. The quantitative estimate of drug-likeness (QED) is 0.368. The fraction of sp³-hybridized carbons (Fsp3) is 0. The largest absolute Gasteiger partial charge is 0.345 e. The van der Waals surface area contributed by atoms with Crippen molar-refractivity contribution in [1.29, 1.82) is 0 Å². The first-order valence-electron chi connectivity index (χ1n) is 9.93. The van der Waals surface area contributed by atoms with E-state index in [4.69, 9.17) is 0 Å². The molecule has 30 heavy (non-hydrogen) atoms. The van der Waals surface area contributed by atoms with E-state index in [0.29, 0.717) is 0 Å². The number of hydrogen-bond donors (Lipinski definition) is 2. The summed E-state index contributed by atoms with van der Waals surface area (Å²) >= 11 is 0. The number of hydrogen-bond acceptors (Lipinski definition) is 2. The molecule has 0 saturated carbocycles. The van der Waals surface area contributed by atoms with Gasteiger partial charge < -0.3 is 9.97 Å². The molecule has 0 bridgehead atoms. The van der Waals surface area contributed by atoms with E-state index in [0.717, 1.165) is 33.9 Å². The van der Waals surface area contributed by atoms with Crippen molar-refractivity contribution in [2.45, 2.75) is 0 Å². The van der Waals surface area contributed by atoms with Crippen LogP contribution in [0.4, 0.5) is 0 Å². The molecule has 0 radical (unpaired) electrons. The standard InChI is InChI=1S/C26H18N4/c1-3-7-19-17(5-1)9-11-21(25-27-13-14-28-25)23(19)24-20-8-4-2-6-18(20)10-12-22(24)26-29-15-16-30-26/h1-16H,(H,27,28)(H,29,30). The average molecular weight is 386 g/mol. The van der Waals surface area contributed by atoms with Crippen LogP contribution in [-0.2, 0) is 0 Å². The Balaban J connectivity index is 1.83. The van der Waals surface area contributed by atoms with Crippen LogP contribution in [0, 0.1) is 0 Å². The molecule has 4 aromatic carbocycles. The highest BCUT2D eigenvalue weighted by Crippen LogP contribution is 2.44. The summed E-state index contributed by atoms with van der Waals surface area (Å²) in [4.78, 5) is 15.7. The van der Waals surface area contributed by atoms with Crippen LogP contribution in [0.3, 0.4) is 0 Å². The molecule has 2 heterocycles. The van der Waals surface area contributed by atoms with Crippen LogP contribution in [0.1, 0.15) is 0 Å². The van der Waals surface area contributed by atoms with Crippen molar-refractivity contribution < 1.29 is 0 Å². The molecule has 0 aliphatic carbocycles. The van der Waals surface area contributed by atoms with Crippen LogP contribution in [0.2, 0.25) is 0 Å². The molecule has 0 aliphatic rings. The van der Waals surface area contributed by atoms with E-state index < -0.39 is 0 Å². The zero-order chi connectivity index (χ0) is 19.9. The molecule has 0 saturated heterocycles. The zero-order valence-corrected chi connectivity index (χ0v) is 16.1. The van der Waals surface area contributed by atoms with E-state index in [1.165, 1.54) is 21.5 Å². The molecule has 0 atom stereocenters. The number of imidazole rings is 2. The average Bonchev–Trinajstić information content (AvgIpc) is 3.52. The van der Waals surface area contributed by atoms with Crippen molar-refractivity contribution in [3.8, 4) is 33.9 Å². The molecule has 6 aromatic rings. The van der Waals surface area contributed by atoms with Gasteiger partial charge in [0.25, 0.3) is 0 Å². The summed E-state index contributed by atoms with van der Waals surface area (Å²) in [6.07, 6.45) is 7.32. The molecule has 0 aliphatic heterocycles. The Morgan fingerprint density at radius 2 is 0.967 bits per heavy atom. The van der Waals surface area contributed by atoms with Gasteiger partial charge in [0.15, 0.2) is 0 Å². The molecular weight excluding hydrogens is 368 g/mol. The Hall–Kier alpha value is -4.18. The fourth-order valence-electron chi connectivity index (χ4n) is 4.30. The Kier molecular flexibility index (Phi) is 3.74. The molecule has 0 amide bonds. The first kappa shape index (κ1) is 16.7. The summed E-state index contributed by atoms with van der Waals surface area (Å²) in [5.74, 6) is 1.71. The number of aromatic amines is 2. The van der Waals surface area contributed by atoms with Gasteiger partial charge >= 0.3 is 0 Å². The second-order valence-corrected chi connectivity index (χ2v) is 7.29. The minimum Gasteiger partial charge on any atom is -0.345 e. The molecule has 4 nitrogen and oxygen atoms in total. The molecule has 2 N–H and O–H groups in total. The highest BCUT2D eigenvalue weighted by molar-refractivity contribution is 6.13. The molecule has 6 rings (SSSR count). The van der Waals surface area contributed by atoms with Gasteiger partial charge in [-0.1, -0.05) is 60.7 Å². The number of H-pyrrole nitrogens is 2. The van der Waals surface area contributed by atoms with Crippen molar-refractivity contribution in [1.82, 2.24) is 19.9 Å². The lowest BCUT2D eigenvalue weighted by Crippen LogP contribution is -1.94. The van der Waals surface area contributed by atoms with Gasteiger partial charge in [-0.3, -0.25) is 0 Å². The van der Waals surface area contributed by atoms with Gasteiger partial charge in [0.05, 0.1) is 0 Å². The van der Waals surface area contributed by atoms with Crippen molar-refractivity contribution in [3.63, 3.8) is 0 Å². The van der Waals surface area contributed by atoms with Crippen LogP contribution in [-0.4, -0.2) is 19.9 Å². The predicted octanol–water partition coefficient (Wildman–Crippen LogP) is 6.44. The maximum Gasteiger partial charge on any atom is 0.137 e. The summed E-state index contributed by atoms with van der Waals surface area (Å²) in [7, 11) is 0. The van der Waals surface area contributed by atoms with E-state index in [1.807, 2.05) is 12.4 Å². The van der Waals surface area contributed by atoms with E-state index in [9.17, 15) is 0 Å². The number of nitrogens with one attached hydrogen (secondary N) is 2. The van der Waals surface area contributed by atoms with Crippen LogP contribution >= 0.6 is 0 Å². The number of rotatable bonds is 3. The van der Waals surface area contributed by atoms with Gasteiger partial charge in [-0.2, -0.15) is 0 Å². The first-order valence-corrected chi connectivity index (χ1v) is 9.93. The van der Waals surface area contributed by atoms with Crippen LogP contribution in [0.5, 0.6) is 0 Å². The Labute approximate surface area is 173 Å². The third-order valence-electron chi connectivity index (χ3n) is 5.61. The number of aromatic nitrogens is 4. The second-order valence-electron chi connectivity index (χ2n) is 7.29. The molecule has 0 fully saturated rings. The molecular formula is C26H18N4. The molecule has 0 spiro atoms. The highest BCUT2D eigenvalue weighted by atomic mass is 14.9. The van der Waals surface area contributed by atoms with Gasteiger partial charge in [0.1, 0.15) is 11.6 Å². The lowest BCUT2D eigenvalue weighted by Gasteiger charge is -2.18. The first-order chi connectivity index (χ1) is 14.9. The van der Waals surface area contributed by atoms with Crippen LogP contribution in [0.15, 0.2) is 97.6 Å². The van der Waals surface area contributed by atoms with Crippen molar-refractivity contribution in [3.05, 3.63) is 97.6 Å². The van der Waals surface area contributed by atoms with E-state index >= 15 is 0 Å². The third kappa shape index (κ3) is 2.54. The van der Waals surface area contributed by atoms with Crippen molar-refractivity contribution >= 4 is 21.5 Å². The number of nitrogens with zero attached hydrogens (tertiary/aromatic N) is 2. The lowest BCUT2D eigenvalue weighted by molar-refractivity contribution is 1.30. The van der Waals surface area contributed by atoms with Gasteiger partial charge in [-0.25, -0.2) is 9.97 Å². The lowest BCUT2D eigenvalue weighted by atomic mass is 9.86. The van der Waals surface area contributed by atoms with Gasteiger partial charge in [0.2, 0.25) is 0 Å².